The summed E-state index contributed by atoms with van der Waals surface area (Å²) in [6.07, 6.45) is 1.99. The molecule has 1 aliphatic carbocycles. The van der Waals surface area contributed by atoms with Crippen LogP contribution in [0.5, 0.6) is 0 Å². The Kier molecular flexibility index (Phi) is 3.82. The normalized spacial score (nSPS) is 31.0. The van der Waals surface area contributed by atoms with Gasteiger partial charge in [-0.1, -0.05) is 23.8 Å². The fraction of sp³-hybridized carbons (Fsp3) is 0.438. The Bertz CT molecular complexity index is 744. The van der Waals surface area contributed by atoms with Crippen LogP contribution in [0.15, 0.2) is 41.8 Å². The summed E-state index contributed by atoms with van der Waals surface area (Å²) < 4.78 is 26.2. The fourth-order valence-corrected chi connectivity index (χ4v) is 4.75. The van der Waals surface area contributed by atoms with Crippen molar-refractivity contribution in [1.29, 1.82) is 0 Å². The molecule has 1 aromatic carbocycles. The smallest absolute Gasteiger partial charge is 0.280 e. The minimum Gasteiger partial charge on any atom is -0.391 e. The van der Waals surface area contributed by atoms with E-state index in [-0.39, 0.29) is 17.2 Å². The monoisotopic (exact) mass is 336 g/mol. The maximum Gasteiger partial charge on any atom is 0.280 e. The van der Waals surface area contributed by atoms with E-state index in [4.69, 9.17) is 0 Å². The molecule has 2 N–H and O–H groups in total. The molecule has 1 aliphatic heterocycles. The summed E-state index contributed by atoms with van der Waals surface area (Å²) >= 11 is 0. The number of aliphatic hydroxyl groups excluding tert-OH is 1. The molecule has 1 saturated carbocycles. The SMILES string of the molecule is C=C[C@@]12NN(S(=O)(=O)c3ccc(C)cc3)C(=O)C[C@@H]1CC[C@H]2O. The van der Waals surface area contributed by atoms with Gasteiger partial charge < -0.3 is 5.11 Å². The summed E-state index contributed by atoms with van der Waals surface area (Å²) in [7, 11) is -4.02. The van der Waals surface area contributed by atoms with Gasteiger partial charge in [-0.3, -0.25) is 4.79 Å². The number of aryl methyl sites for hydroxylation is 1. The highest BCUT2D eigenvalue weighted by Crippen LogP contribution is 2.42. The second-order valence-corrected chi connectivity index (χ2v) is 8.01. The zero-order valence-electron chi connectivity index (χ0n) is 12.9. The van der Waals surface area contributed by atoms with Gasteiger partial charge in [0.15, 0.2) is 0 Å². The molecule has 0 aromatic heterocycles. The van der Waals surface area contributed by atoms with Crippen LogP contribution in [0.25, 0.3) is 0 Å². The van der Waals surface area contributed by atoms with Gasteiger partial charge in [0.1, 0.15) is 0 Å². The lowest BCUT2D eigenvalue weighted by Crippen LogP contribution is -2.67. The number of carbonyl (C=O) groups excluding carboxylic acids is 1. The standard InChI is InChI=1S/C16H20N2O4S/c1-3-16-12(6-9-14(16)19)10-15(20)18(17-16)23(21,22)13-7-4-11(2)5-8-13/h3-5,7-8,12,14,17,19H,1,6,9-10H2,2H3/t12-,14+,16+/m0/s1. The Labute approximate surface area is 135 Å². The number of hydrogen-bond donors (Lipinski definition) is 2. The van der Waals surface area contributed by atoms with E-state index < -0.39 is 27.6 Å². The molecule has 2 aliphatic rings. The lowest BCUT2D eigenvalue weighted by atomic mass is 9.82. The largest absolute Gasteiger partial charge is 0.391 e. The van der Waals surface area contributed by atoms with Gasteiger partial charge in [-0.2, -0.15) is 12.8 Å². The summed E-state index contributed by atoms with van der Waals surface area (Å²) in [5.74, 6) is -0.658. The topological polar surface area (TPSA) is 86.7 Å². The zero-order chi connectivity index (χ0) is 16.8. The van der Waals surface area contributed by atoms with Gasteiger partial charge in [0.2, 0.25) is 0 Å². The third-order valence-corrected chi connectivity index (χ3v) is 6.50. The van der Waals surface area contributed by atoms with Crippen molar-refractivity contribution in [3.63, 3.8) is 0 Å². The van der Waals surface area contributed by atoms with E-state index in [0.717, 1.165) is 5.56 Å². The summed E-state index contributed by atoms with van der Waals surface area (Å²) in [6, 6.07) is 6.30. The summed E-state index contributed by atoms with van der Waals surface area (Å²) in [6.45, 7) is 5.59. The number of amides is 1. The molecule has 0 spiro atoms. The van der Waals surface area contributed by atoms with Crippen molar-refractivity contribution in [1.82, 2.24) is 9.84 Å². The van der Waals surface area contributed by atoms with Crippen molar-refractivity contribution < 1.29 is 18.3 Å². The van der Waals surface area contributed by atoms with E-state index in [9.17, 15) is 18.3 Å². The minimum absolute atomic E-state index is 0.0362. The zero-order valence-corrected chi connectivity index (χ0v) is 13.7. The summed E-state index contributed by atoms with van der Waals surface area (Å²) in [5, 5.41) is 10.3. The quantitative estimate of drug-likeness (QED) is 0.808. The maximum atomic E-state index is 12.8. The number of fused-ring (bicyclic) bond motifs is 1. The van der Waals surface area contributed by atoms with Crippen LogP contribution in [-0.2, 0) is 14.8 Å². The molecule has 1 amide bonds. The van der Waals surface area contributed by atoms with Crippen molar-refractivity contribution >= 4 is 15.9 Å². The van der Waals surface area contributed by atoms with Crippen molar-refractivity contribution in [2.24, 2.45) is 5.92 Å². The van der Waals surface area contributed by atoms with E-state index in [1.54, 1.807) is 12.1 Å². The van der Waals surface area contributed by atoms with Gasteiger partial charge in [-0.05, 0) is 37.8 Å². The fourth-order valence-electron chi connectivity index (χ4n) is 3.44. The molecule has 3 atom stereocenters. The van der Waals surface area contributed by atoms with Crippen molar-refractivity contribution in [2.45, 2.75) is 42.7 Å². The highest BCUT2D eigenvalue weighted by atomic mass is 32.2. The predicted molar refractivity (Wildman–Crippen MR) is 84.6 cm³/mol. The van der Waals surface area contributed by atoms with E-state index in [2.05, 4.69) is 12.0 Å². The molecule has 6 nitrogen and oxygen atoms in total. The molecule has 2 fully saturated rings. The summed E-state index contributed by atoms with van der Waals surface area (Å²) in [5.41, 5.74) is 2.71. The van der Waals surface area contributed by atoms with E-state index >= 15 is 0 Å². The average Bonchev–Trinajstić information content (AvgIpc) is 2.84. The number of hydrazine groups is 1. The van der Waals surface area contributed by atoms with Gasteiger partial charge in [-0.15, -0.1) is 6.58 Å². The third-order valence-electron chi connectivity index (χ3n) is 4.86. The molecular formula is C16H20N2O4S. The third kappa shape index (κ3) is 2.39. The van der Waals surface area contributed by atoms with Crippen LogP contribution in [0.3, 0.4) is 0 Å². The highest BCUT2D eigenvalue weighted by molar-refractivity contribution is 7.89. The van der Waals surface area contributed by atoms with Crippen molar-refractivity contribution in [3.05, 3.63) is 42.5 Å². The molecule has 1 heterocycles. The Morgan fingerprint density at radius 2 is 2.00 bits per heavy atom. The Morgan fingerprint density at radius 1 is 1.35 bits per heavy atom. The molecule has 1 saturated heterocycles. The Hall–Kier alpha value is -1.70. The van der Waals surface area contributed by atoms with Crippen LogP contribution in [0.2, 0.25) is 0 Å². The van der Waals surface area contributed by atoms with Crippen molar-refractivity contribution in [3.8, 4) is 0 Å². The number of nitrogens with one attached hydrogen (secondary N) is 1. The number of hydrogen-bond acceptors (Lipinski definition) is 5. The lowest BCUT2D eigenvalue weighted by molar-refractivity contribution is -0.136. The number of sulfonamides is 1. The first-order valence-electron chi connectivity index (χ1n) is 7.55. The van der Waals surface area contributed by atoms with Gasteiger partial charge in [0.25, 0.3) is 15.9 Å². The van der Waals surface area contributed by atoms with E-state index in [1.807, 2.05) is 6.92 Å². The van der Waals surface area contributed by atoms with Crippen LogP contribution in [0.1, 0.15) is 24.8 Å². The molecule has 124 valence electrons. The Morgan fingerprint density at radius 3 is 2.61 bits per heavy atom. The molecular weight excluding hydrogens is 316 g/mol. The minimum atomic E-state index is -4.02. The predicted octanol–water partition coefficient (Wildman–Crippen LogP) is 1.12. The van der Waals surface area contributed by atoms with Gasteiger partial charge in [0, 0.05) is 6.42 Å². The first kappa shape index (κ1) is 16.2. The maximum absolute atomic E-state index is 12.8. The average molecular weight is 336 g/mol. The number of benzene rings is 1. The van der Waals surface area contributed by atoms with Crippen LogP contribution in [-0.4, -0.2) is 35.5 Å². The number of nitrogens with zero attached hydrogens (tertiary/aromatic N) is 1. The highest BCUT2D eigenvalue weighted by Gasteiger charge is 2.55. The van der Waals surface area contributed by atoms with Crippen LogP contribution < -0.4 is 5.43 Å². The van der Waals surface area contributed by atoms with Crippen LogP contribution in [0.4, 0.5) is 0 Å². The first-order chi connectivity index (χ1) is 10.8. The molecule has 1 aromatic rings. The second kappa shape index (κ2) is 5.43. The van der Waals surface area contributed by atoms with Gasteiger partial charge >= 0.3 is 0 Å². The van der Waals surface area contributed by atoms with E-state index in [0.29, 0.717) is 17.3 Å². The Balaban J connectivity index is 2.00. The van der Waals surface area contributed by atoms with Crippen LogP contribution in [0, 0.1) is 12.8 Å². The van der Waals surface area contributed by atoms with Gasteiger partial charge in [-0.25, -0.2) is 5.43 Å². The number of aliphatic hydroxyl groups is 1. The number of rotatable bonds is 3. The van der Waals surface area contributed by atoms with Crippen molar-refractivity contribution in [2.75, 3.05) is 0 Å². The molecule has 0 unspecified atom stereocenters. The molecule has 0 radical (unpaired) electrons. The number of carbonyl (C=O) groups is 1. The van der Waals surface area contributed by atoms with Gasteiger partial charge in [0.05, 0.1) is 16.5 Å². The molecule has 3 rings (SSSR count). The first-order valence-corrected chi connectivity index (χ1v) is 8.99. The molecule has 23 heavy (non-hydrogen) atoms. The lowest BCUT2D eigenvalue weighted by Gasteiger charge is -2.44. The second-order valence-electron chi connectivity index (χ2n) is 6.22. The molecule has 0 bridgehead atoms. The van der Waals surface area contributed by atoms with E-state index in [1.165, 1.54) is 18.2 Å². The molecule has 7 heteroatoms. The van der Waals surface area contributed by atoms with Crippen LogP contribution >= 0.6 is 0 Å². The summed E-state index contributed by atoms with van der Waals surface area (Å²) in [4.78, 5) is 12.4.